The summed E-state index contributed by atoms with van der Waals surface area (Å²) in [5.74, 6) is 0. The molecule has 0 bridgehead atoms. The van der Waals surface area contributed by atoms with E-state index in [-0.39, 0.29) is 0 Å². The largest absolute Gasteiger partial charge is 0.308 e. The lowest BCUT2D eigenvalue weighted by atomic mass is 10.1. The van der Waals surface area contributed by atoms with E-state index in [1.807, 2.05) is 13.1 Å². The first kappa shape index (κ1) is 12.7. The van der Waals surface area contributed by atoms with Crippen molar-refractivity contribution in [1.29, 1.82) is 0 Å². The number of rotatable bonds is 4. The molecule has 17 heavy (non-hydrogen) atoms. The number of nitrogens with one attached hydrogen (secondary N) is 1. The molecular formula is C13H15BrN2S. The topological polar surface area (TPSA) is 24.9 Å². The molecule has 0 aliphatic rings. The zero-order valence-electron chi connectivity index (χ0n) is 9.96. The molecule has 0 saturated heterocycles. The third-order valence-electron chi connectivity index (χ3n) is 2.52. The van der Waals surface area contributed by atoms with Crippen molar-refractivity contribution in [3.05, 3.63) is 49.9 Å². The van der Waals surface area contributed by atoms with E-state index in [0.717, 1.165) is 18.1 Å². The Morgan fingerprint density at radius 3 is 2.76 bits per heavy atom. The molecule has 0 amide bonds. The van der Waals surface area contributed by atoms with Crippen LogP contribution in [0, 0.1) is 13.8 Å². The lowest BCUT2D eigenvalue weighted by molar-refractivity contribution is 0.699. The first-order valence-corrected chi connectivity index (χ1v) is 7.13. The smallest absolute Gasteiger partial charge is 0.0897 e. The molecule has 0 spiro atoms. The minimum absolute atomic E-state index is 0.890. The highest BCUT2D eigenvalue weighted by Gasteiger charge is 1.99. The molecule has 0 atom stereocenters. The van der Waals surface area contributed by atoms with Crippen LogP contribution in [-0.4, -0.2) is 4.98 Å². The molecule has 0 saturated carbocycles. The standard InChI is InChI=1S/C13H15BrN2S/c1-9-5-11(3-4-13(9)14)6-15-7-12-8-16-10(2)17-12/h3-5,8,15H,6-7H2,1-2H3. The van der Waals surface area contributed by atoms with Crippen molar-refractivity contribution in [2.75, 3.05) is 0 Å². The van der Waals surface area contributed by atoms with E-state index in [4.69, 9.17) is 0 Å². The molecule has 0 fully saturated rings. The van der Waals surface area contributed by atoms with Gasteiger partial charge in [-0.15, -0.1) is 11.3 Å². The average Bonchev–Trinajstić information content (AvgIpc) is 2.70. The summed E-state index contributed by atoms with van der Waals surface area (Å²) < 4.78 is 1.17. The van der Waals surface area contributed by atoms with Gasteiger partial charge in [-0.2, -0.15) is 0 Å². The zero-order valence-corrected chi connectivity index (χ0v) is 12.4. The van der Waals surface area contributed by atoms with Crippen LogP contribution in [0.3, 0.4) is 0 Å². The highest BCUT2D eigenvalue weighted by atomic mass is 79.9. The van der Waals surface area contributed by atoms with Crippen molar-refractivity contribution in [2.45, 2.75) is 26.9 Å². The number of aryl methyl sites for hydroxylation is 2. The SMILES string of the molecule is Cc1ncc(CNCc2ccc(Br)c(C)c2)s1. The molecule has 1 heterocycles. The maximum atomic E-state index is 4.24. The van der Waals surface area contributed by atoms with Crippen LogP contribution in [0.25, 0.3) is 0 Å². The first-order valence-electron chi connectivity index (χ1n) is 5.52. The van der Waals surface area contributed by atoms with E-state index in [9.17, 15) is 0 Å². The molecular weight excluding hydrogens is 296 g/mol. The minimum Gasteiger partial charge on any atom is -0.308 e. The maximum Gasteiger partial charge on any atom is 0.0897 e. The molecule has 2 nitrogen and oxygen atoms in total. The van der Waals surface area contributed by atoms with Crippen LogP contribution >= 0.6 is 27.3 Å². The second-order valence-corrected chi connectivity index (χ2v) is 6.21. The fourth-order valence-electron chi connectivity index (χ4n) is 1.63. The molecule has 4 heteroatoms. The van der Waals surface area contributed by atoms with Crippen molar-refractivity contribution in [2.24, 2.45) is 0 Å². The van der Waals surface area contributed by atoms with E-state index in [0.29, 0.717) is 0 Å². The molecule has 1 aromatic heterocycles. The maximum absolute atomic E-state index is 4.24. The predicted molar refractivity (Wildman–Crippen MR) is 76.3 cm³/mol. The summed E-state index contributed by atoms with van der Waals surface area (Å²) >= 11 is 5.26. The Balaban J connectivity index is 1.87. The number of hydrogen-bond acceptors (Lipinski definition) is 3. The van der Waals surface area contributed by atoms with Gasteiger partial charge in [0.05, 0.1) is 5.01 Å². The summed E-state index contributed by atoms with van der Waals surface area (Å²) in [6.45, 7) is 5.93. The highest BCUT2D eigenvalue weighted by Crippen LogP contribution is 2.17. The number of aromatic nitrogens is 1. The summed E-state index contributed by atoms with van der Waals surface area (Å²) in [5, 5.41) is 4.56. The van der Waals surface area contributed by atoms with Gasteiger partial charge < -0.3 is 5.32 Å². The van der Waals surface area contributed by atoms with Gasteiger partial charge in [0, 0.05) is 28.6 Å². The molecule has 0 aliphatic carbocycles. The third-order valence-corrected chi connectivity index (χ3v) is 4.32. The zero-order chi connectivity index (χ0) is 12.3. The molecule has 2 aromatic rings. The van der Waals surface area contributed by atoms with Gasteiger partial charge in [0.2, 0.25) is 0 Å². The lowest BCUT2D eigenvalue weighted by Gasteiger charge is -2.05. The van der Waals surface area contributed by atoms with Crippen LogP contribution in [0.5, 0.6) is 0 Å². The Hall–Kier alpha value is -0.710. The second kappa shape index (κ2) is 5.76. The summed E-state index contributed by atoms with van der Waals surface area (Å²) in [5.41, 5.74) is 2.59. The van der Waals surface area contributed by atoms with Gasteiger partial charge in [-0.05, 0) is 31.0 Å². The molecule has 1 aromatic carbocycles. The minimum atomic E-state index is 0.890. The van der Waals surface area contributed by atoms with E-state index < -0.39 is 0 Å². The van der Waals surface area contributed by atoms with Crippen molar-refractivity contribution < 1.29 is 0 Å². The molecule has 2 rings (SSSR count). The molecule has 0 unspecified atom stereocenters. The Morgan fingerprint density at radius 2 is 2.12 bits per heavy atom. The van der Waals surface area contributed by atoms with E-state index in [1.165, 1.54) is 20.5 Å². The van der Waals surface area contributed by atoms with Gasteiger partial charge in [0.25, 0.3) is 0 Å². The summed E-state index contributed by atoms with van der Waals surface area (Å²) in [6, 6.07) is 6.44. The van der Waals surface area contributed by atoms with Crippen molar-refractivity contribution in [3.63, 3.8) is 0 Å². The molecule has 0 aliphatic heterocycles. The molecule has 1 N–H and O–H groups in total. The number of thiazole rings is 1. The quantitative estimate of drug-likeness (QED) is 0.928. The summed E-state index contributed by atoms with van der Waals surface area (Å²) in [6.07, 6.45) is 1.94. The van der Waals surface area contributed by atoms with Crippen molar-refractivity contribution in [1.82, 2.24) is 10.3 Å². The average molecular weight is 311 g/mol. The third kappa shape index (κ3) is 3.63. The van der Waals surface area contributed by atoms with E-state index >= 15 is 0 Å². The van der Waals surface area contributed by atoms with Crippen LogP contribution in [0.15, 0.2) is 28.9 Å². The Morgan fingerprint density at radius 1 is 1.29 bits per heavy atom. The van der Waals surface area contributed by atoms with Crippen LogP contribution in [-0.2, 0) is 13.1 Å². The number of hydrogen-bond donors (Lipinski definition) is 1. The second-order valence-electron chi connectivity index (χ2n) is 4.03. The van der Waals surface area contributed by atoms with Crippen LogP contribution in [0.1, 0.15) is 21.0 Å². The van der Waals surface area contributed by atoms with Gasteiger partial charge in [-0.1, -0.05) is 28.1 Å². The van der Waals surface area contributed by atoms with E-state index in [1.54, 1.807) is 11.3 Å². The Bertz CT molecular complexity index is 508. The van der Waals surface area contributed by atoms with Gasteiger partial charge in [0.15, 0.2) is 0 Å². The van der Waals surface area contributed by atoms with E-state index in [2.05, 4.69) is 51.4 Å². The monoisotopic (exact) mass is 310 g/mol. The van der Waals surface area contributed by atoms with Gasteiger partial charge in [0.1, 0.15) is 0 Å². The summed E-state index contributed by atoms with van der Waals surface area (Å²) in [4.78, 5) is 5.53. The van der Waals surface area contributed by atoms with Gasteiger partial charge in [-0.3, -0.25) is 0 Å². The van der Waals surface area contributed by atoms with Gasteiger partial charge >= 0.3 is 0 Å². The fourth-order valence-corrected chi connectivity index (χ4v) is 2.64. The highest BCUT2D eigenvalue weighted by molar-refractivity contribution is 9.10. The normalized spacial score (nSPS) is 10.8. The lowest BCUT2D eigenvalue weighted by Crippen LogP contribution is -2.11. The first-order chi connectivity index (χ1) is 8.15. The summed E-state index contributed by atoms with van der Waals surface area (Å²) in [7, 11) is 0. The van der Waals surface area contributed by atoms with Crippen LogP contribution < -0.4 is 5.32 Å². The number of halogens is 1. The van der Waals surface area contributed by atoms with Crippen molar-refractivity contribution in [3.8, 4) is 0 Å². The predicted octanol–water partition coefficient (Wildman–Crippen LogP) is 3.81. The number of benzene rings is 1. The fraction of sp³-hybridized carbons (Fsp3) is 0.308. The van der Waals surface area contributed by atoms with Crippen LogP contribution in [0.2, 0.25) is 0 Å². The number of nitrogens with zero attached hydrogens (tertiary/aromatic N) is 1. The Labute approximate surface area is 114 Å². The molecule has 90 valence electrons. The Kier molecular flexibility index (Phi) is 4.31. The van der Waals surface area contributed by atoms with Crippen LogP contribution in [0.4, 0.5) is 0 Å². The van der Waals surface area contributed by atoms with Crippen molar-refractivity contribution >= 4 is 27.3 Å². The van der Waals surface area contributed by atoms with Gasteiger partial charge in [-0.25, -0.2) is 4.98 Å². The molecule has 0 radical (unpaired) electrons.